The Balaban J connectivity index is 2.02. The van der Waals surface area contributed by atoms with E-state index in [4.69, 9.17) is 5.11 Å². The van der Waals surface area contributed by atoms with Crippen LogP contribution >= 0.6 is 11.8 Å². The van der Waals surface area contributed by atoms with E-state index in [1.165, 1.54) is 23.5 Å². The Morgan fingerprint density at radius 3 is 2.67 bits per heavy atom. The van der Waals surface area contributed by atoms with Crippen LogP contribution in [-0.4, -0.2) is 21.0 Å². The van der Waals surface area contributed by atoms with Gasteiger partial charge in [-0.2, -0.15) is 0 Å². The van der Waals surface area contributed by atoms with Crippen molar-refractivity contribution in [2.45, 2.75) is 17.7 Å². The predicted molar refractivity (Wildman–Crippen MR) is 69.7 cm³/mol. The first-order valence-electron chi connectivity index (χ1n) is 5.39. The number of nitrogens with zero attached hydrogens (tertiary/aromatic N) is 2. The molecule has 0 aliphatic carbocycles. The van der Waals surface area contributed by atoms with Gasteiger partial charge in [0.15, 0.2) is 5.69 Å². The van der Waals surface area contributed by atoms with Crippen molar-refractivity contribution in [2.75, 3.05) is 0 Å². The highest BCUT2D eigenvalue weighted by Gasteiger charge is 2.05. The first kappa shape index (κ1) is 12.6. The summed E-state index contributed by atoms with van der Waals surface area (Å²) in [7, 11) is 0. The van der Waals surface area contributed by atoms with Gasteiger partial charge in [0.2, 0.25) is 0 Å². The third kappa shape index (κ3) is 3.07. The summed E-state index contributed by atoms with van der Waals surface area (Å²) in [5.41, 5.74) is 2.45. The summed E-state index contributed by atoms with van der Waals surface area (Å²) < 4.78 is 0. The van der Waals surface area contributed by atoms with Crippen molar-refractivity contribution in [1.82, 2.24) is 9.97 Å². The number of carboxylic acid groups (broad SMARTS) is 1. The standard InChI is InChI=1S/C13H12N2O2S/c1-9-4-2-3-5-10(9)8-18-12-7-14-11(6-15-12)13(16)17/h2-7H,8H2,1H3,(H,16,17). The topological polar surface area (TPSA) is 63.1 Å². The third-order valence-electron chi connectivity index (χ3n) is 2.48. The van der Waals surface area contributed by atoms with Gasteiger partial charge in [-0.3, -0.25) is 0 Å². The highest BCUT2D eigenvalue weighted by Crippen LogP contribution is 2.21. The lowest BCUT2D eigenvalue weighted by molar-refractivity contribution is 0.0689. The second kappa shape index (κ2) is 5.64. The lowest BCUT2D eigenvalue weighted by Crippen LogP contribution is -2.00. The molecule has 0 spiro atoms. The van der Waals surface area contributed by atoms with Crippen LogP contribution in [-0.2, 0) is 5.75 Å². The first-order valence-corrected chi connectivity index (χ1v) is 6.38. The minimum Gasteiger partial charge on any atom is -0.476 e. The highest BCUT2D eigenvalue weighted by molar-refractivity contribution is 7.98. The lowest BCUT2D eigenvalue weighted by atomic mass is 10.1. The largest absolute Gasteiger partial charge is 0.476 e. The van der Waals surface area contributed by atoms with Crippen LogP contribution in [0.4, 0.5) is 0 Å². The Morgan fingerprint density at radius 2 is 2.06 bits per heavy atom. The monoisotopic (exact) mass is 260 g/mol. The normalized spacial score (nSPS) is 10.3. The Kier molecular flexibility index (Phi) is 3.94. The summed E-state index contributed by atoms with van der Waals surface area (Å²) in [5.74, 6) is -0.258. The maximum absolute atomic E-state index is 10.6. The van der Waals surface area contributed by atoms with Gasteiger partial charge in [-0.05, 0) is 18.1 Å². The van der Waals surface area contributed by atoms with Crippen molar-refractivity contribution < 1.29 is 9.90 Å². The summed E-state index contributed by atoms with van der Waals surface area (Å²) in [4.78, 5) is 18.5. The van der Waals surface area contributed by atoms with E-state index in [0.29, 0.717) is 0 Å². The summed E-state index contributed by atoms with van der Waals surface area (Å²) in [6.45, 7) is 2.06. The molecular weight excluding hydrogens is 248 g/mol. The van der Waals surface area contributed by atoms with Gasteiger partial charge in [-0.15, -0.1) is 11.8 Å². The molecule has 0 bridgehead atoms. The lowest BCUT2D eigenvalue weighted by Gasteiger charge is -2.04. The van der Waals surface area contributed by atoms with E-state index in [2.05, 4.69) is 29.0 Å². The fourth-order valence-electron chi connectivity index (χ4n) is 1.42. The molecule has 0 aliphatic rings. The number of rotatable bonds is 4. The molecule has 92 valence electrons. The van der Waals surface area contributed by atoms with E-state index in [-0.39, 0.29) is 5.69 Å². The van der Waals surface area contributed by atoms with Gasteiger partial charge in [0.1, 0.15) is 5.03 Å². The molecule has 0 unspecified atom stereocenters. The Labute approximate surface area is 109 Å². The van der Waals surface area contributed by atoms with Gasteiger partial charge >= 0.3 is 5.97 Å². The molecule has 1 heterocycles. The minimum absolute atomic E-state index is 0.0322. The van der Waals surface area contributed by atoms with Crippen molar-refractivity contribution in [2.24, 2.45) is 0 Å². The second-order valence-electron chi connectivity index (χ2n) is 3.76. The molecule has 0 saturated carbocycles. The molecular formula is C13H12N2O2S. The molecule has 0 radical (unpaired) electrons. The number of thioether (sulfide) groups is 1. The molecule has 0 saturated heterocycles. The molecule has 1 N–H and O–H groups in total. The maximum atomic E-state index is 10.6. The molecule has 5 heteroatoms. The molecule has 4 nitrogen and oxygen atoms in total. The highest BCUT2D eigenvalue weighted by atomic mass is 32.2. The molecule has 1 aromatic heterocycles. The number of hydrogen-bond donors (Lipinski definition) is 1. The fourth-order valence-corrected chi connectivity index (χ4v) is 2.31. The summed E-state index contributed by atoms with van der Waals surface area (Å²) in [6, 6.07) is 8.14. The molecule has 2 aromatic rings. The summed E-state index contributed by atoms with van der Waals surface area (Å²) >= 11 is 1.54. The van der Waals surface area contributed by atoms with E-state index >= 15 is 0 Å². The number of carboxylic acids is 1. The van der Waals surface area contributed by atoms with E-state index in [9.17, 15) is 4.79 Å². The Morgan fingerprint density at radius 1 is 1.28 bits per heavy atom. The number of hydrogen-bond acceptors (Lipinski definition) is 4. The predicted octanol–water partition coefficient (Wildman–Crippen LogP) is 2.78. The van der Waals surface area contributed by atoms with Gasteiger partial charge in [0.05, 0.1) is 12.4 Å². The molecule has 18 heavy (non-hydrogen) atoms. The van der Waals surface area contributed by atoms with Crippen molar-refractivity contribution in [1.29, 1.82) is 0 Å². The van der Waals surface area contributed by atoms with Crippen LogP contribution in [0.5, 0.6) is 0 Å². The van der Waals surface area contributed by atoms with E-state index < -0.39 is 5.97 Å². The quantitative estimate of drug-likeness (QED) is 0.856. The molecule has 0 fully saturated rings. The molecule has 1 aromatic carbocycles. The fraction of sp³-hybridized carbons (Fsp3) is 0.154. The number of benzene rings is 1. The second-order valence-corrected chi connectivity index (χ2v) is 4.76. The third-order valence-corrected chi connectivity index (χ3v) is 3.45. The van der Waals surface area contributed by atoms with Crippen molar-refractivity contribution in [3.8, 4) is 0 Å². The number of aromatic nitrogens is 2. The zero-order chi connectivity index (χ0) is 13.0. The van der Waals surface area contributed by atoms with Crippen molar-refractivity contribution in [3.05, 3.63) is 53.5 Å². The van der Waals surface area contributed by atoms with E-state index in [1.807, 2.05) is 12.1 Å². The van der Waals surface area contributed by atoms with Gasteiger partial charge < -0.3 is 5.11 Å². The number of aryl methyl sites for hydroxylation is 1. The van der Waals surface area contributed by atoms with Gasteiger partial charge in [0, 0.05) is 5.75 Å². The van der Waals surface area contributed by atoms with Crippen molar-refractivity contribution >= 4 is 17.7 Å². The molecule has 0 atom stereocenters. The SMILES string of the molecule is Cc1ccccc1CSc1cnc(C(=O)O)cn1. The van der Waals surface area contributed by atoms with Crippen LogP contribution in [0.3, 0.4) is 0 Å². The Hall–Kier alpha value is -1.88. The Bertz CT molecular complexity index is 555. The van der Waals surface area contributed by atoms with Crippen LogP contribution in [0.1, 0.15) is 21.6 Å². The minimum atomic E-state index is -1.06. The van der Waals surface area contributed by atoms with Crippen LogP contribution in [0.2, 0.25) is 0 Å². The molecule has 0 amide bonds. The van der Waals surface area contributed by atoms with Gasteiger partial charge in [-0.1, -0.05) is 24.3 Å². The van der Waals surface area contributed by atoms with Crippen LogP contribution in [0.25, 0.3) is 0 Å². The zero-order valence-electron chi connectivity index (χ0n) is 9.83. The van der Waals surface area contributed by atoms with Gasteiger partial charge in [-0.25, -0.2) is 14.8 Å². The molecule has 0 aliphatic heterocycles. The van der Waals surface area contributed by atoms with E-state index in [0.717, 1.165) is 10.8 Å². The number of carbonyl (C=O) groups is 1. The van der Waals surface area contributed by atoms with E-state index in [1.54, 1.807) is 11.8 Å². The van der Waals surface area contributed by atoms with Crippen LogP contribution in [0.15, 0.2) is 41.7 Å². The maximum Gasteiger partial charge on any atom is 0.356 e. The summed E-state index contributed by atoms with van der Waals surface area (Å²) in [6.07, 6.45) is 2.77. The first-order chi connectivity index (χ1) is 8.66. The summed E-state index contributed by atoms with van der Waals surface area (Å²) in [5, 5.41) is 9.44. The number of aromatic carboxylic acids is 1. The smallest absolute Gasteiger partial charge is 0.356 e. The zero-order valence-corrected chi connectivity index (χ0v) is 10.6. The average Bonchev–Trinajstić information content (AvgIpc) is 2.38. The van der Waals surface area contributed by atoms with Gasteiger partial charge in [0.25, 0.3) is 0 Å². The average molecular weight is 260 g/mol. The van der Waals surface area contributed by atoms with Crippen LogP contribution < -0.4 is 0 Å². The van der Waals surface area contributed by atoms with Crippen LogP contribution in [0, 0.1) is 6.92 Å². The molecule has 2 rings (SSSR count). The van der Waals surface area contributed by atoms with Crippen molar-refractivity contribution in [3.63, 3.8) is 0 Å².